The van der Waals surface area contributed by atoms with Gasteiger partial charge in [-0.3, -0.25) is 0 Å². The van der Waals surface area contributed by atoms with Gasteiger partial charge in [-0.15, -0.1) is 0 Å². The second-order valence-corrected chi connectivity index (χ2v) is 7.45. The predicted molar refractivity (Wildman–Crippen MR) is 97.4 cm³/mol. The van der Waals surface area contributed by atoms with E-state index >= 15 is 0 Å². The SMILES string of the molecule is CCCNS(=O)(=O)c1ccc(NC(C)c2ccccc2)c(C(=O)O)c1. The summed E-state index contributed by atoms with van der Waals surface area (Å²) < 4.78 is 26.8. The molecule has 2 aromatic rings. The van der Waals surface area contributed by atoms with Crippen LogP contribution >= 0.6 is 0 Å². The highest BCUT2D eigenvalue weighted by Crippen LogP contribution is 2.25. The first kappa shape index (κ1) is 19.0. The third kappa shape index (κ3) is 4.80. The topological polar surface area (TPSA) is 95.5 Å². The molecule has 0 saturated heterocycles. The lowest BCUT2D eigenvalue weighted by Crippen LogP contribution is -2.24. The minimum absolute atomic E-state index is 0.0590. The van der Waals surface area contributed by atoms with Crippen LogP contribution in [0.3, 0.4) is 0 Å². The molecule has 1 atom stereocenters. The lowest BCUT2D eigenvalue weighted by Gasteiger charge is -2.18. The molecule has 0 aliphatic heterocycles. The number of benzene rings is 2. The maximum Gasteiger partial charge on any atom is 0.337 e. The summed E-state index contributed by atoms with van der Waals surface area (Å²) in [7, 11) is -3.72. The molecule has 0 aliphatic rings. The number of hydrogen-bond donors (Lipinski definition) is 3. The standard InChI is InChI=1S/C18H22N2O4S/c1-3-11-19-25(23,24)15-9-10-17(16(12-15)18(21)22)20-13(2)14-7-5-4-6-8-14/h4-10,12-13,19-20H,3,11H2,1-2H3,(H,21,22). The first-order valence-electron chi connectivity index (χ1n) is 8.03. The van der Waals surface area contributed by atoms with Gasteiger partial charge < -0.3 is 10.4 Å². The smallest absolute Gasteiger partial charge is 0.337 e. The van der Waals surface area contributed by atoms with E-state index in [0.717, 1.165) is 5.56 Å². The van der Waals surface area contributed by atoms with Gasteiger partial charge >= 0.3 is 5.97 Å². The van der Waals surface area contributed by atoms with Crippen LogP contribution in [0.4, 0.5) is 5.69 Å². The fourth-order valence-electron chi connectivity index (χ4n) is 2.37. The molecular formula is C18H22N2O4S. The molecule has 0 spiro atoms. The first-order valence-corrected chi connectivity index (χ1v) is 9.52. The van der Waals surface area contributed by atoms with Crippen molar-refractivity contribution in [2.24, 2.45) is 0 Å². The van der Waals surface area contributed by atoms with Crippen LogP contribution in [0.1, 0.15) is 42.2 Å². The van der Waals surface area contributed by atoms with Crippen molar-refractivity contribution in [2.45, 2.75) is 31.2 Å². The van der Waals surface area contributed by atoms with Gasteiger partial charge in [0.2, 0.25) is 10.0 Å². The molecule has 7 heteroatoms. The van der Waals surface area contributed by atoms with Gasteiger partial charge in [0.05, 0.1) is 10.5 Å². The quantitative estimate of drug-likeness (QED) is 0.670. The van der Waals surface area contributed by atoms with Gasteiger partial charge in [0.1, 0.15) is 0 Å². The van der Waals surface area contributed by atoms with Crippen molar-refractivity contribution in [3.63, 3.8) is 0 Å². The second-order valence-electron chi connectivity index (χ2n) is 5.69. The third-order valence-corrected chi connectivity index (χ3v) is 5.20. The number of carbonyl (C=O) groups is 1. The zero-order chi connectivity index (χ0) is 18.4. The van der Waals surface area contributed by atoms with Gasteiger partial charge in [-0.1, -0.05) is 37.3 Å². The molecule has 3 N–H and O–H groups in total. The third-order valence-electron chi connectivity index (χ3n) is 3.75. The van der Waals surface area contributed by atoms with E-state index in [9.17, 15) is 18.3 Å². The zero-order valence-corrected chi connectivity index (χ0v) is 15.0. The lowest BCUT2D eigenvalue weighted by atomic mass is 10.1. The molecule has 0 amide bonds. The minimum Gasteiger partial charge on any atom is -0.478 e. The van der Waals surface area contributed by atoms with Gasteiger partial charge in [0, 0.05) is 18.3 Å². The van der Waals surface area contributed by atoms with Crippen molar-refractivity contribution in [3.8, 4) is 0 Å². The maximum absolute atomic E-state index is 12.2. The molecule has 25 heavy (non-hydrogen) atoms. The Hall–Kier alpha value is -2.38. The van der Waals surface area contributed by atoms with Crippen LogP contribution in [-0.4, -0.2) is 26.0 Å². The van der Waals surface area contributed by atoms with Crippen molar-refractivity contribution in [1.82, 2.24) is 4.72 Å². The lowest BCUT2D eigenvalue weighted by molar-refractivity contribution is 0.0697. The van der Waals surface area contributed by atoms with Crippen LogP contribution in [0.15, 0.2) is 53.4 Å². The molecule has 2 rings (SSSR count). The van der Waals surface area contributed by atoms with E-state index in [4.69, 9.17) is 0 Å². The maximum atomic E-state index is 12.2. The van der Waals surface area contributed by atoms with Crippen molar-refractivity contribution in [2.75, 3.05) is 11.9 Å². The fraction of sp³-hybridized carbons (Fsp3) is 0.278. The molecule has 0 fully saturated rings. The average molecular weight is 362 g/mol. The van der Waals surface area contributed by atoms with E-state index in [1.165, 1.54) is 18.2 Å². The Morgan fingerprint density at radius 2 is 1.84 bits per heavy atom. The molecule has 6 nitrogen and oxygen atoms in total. The first-order chi connectivity index (χ1) is 11.8. The fourth-order valence-corrected chi connectivity index (χ4v) is 3.53. The van der Waals surface area contributed by atoms with Gasteiger partial charge in [0.15, 0.2) is 0 Å². The Kier molecular flexibility index (Phi) is 6.17. The summed E-state index contributed by atoms with van der Waals surface area (Å²) in [5.74, 6) is -1.18. The monoisotopic (exact) mass is 362 g/mol. The van der Waals surface area contributed by atoms with E-state index in [2.05, 4.69) is 10.0 Å². The van der Waals surface area contributed by atoms with Crippen molar-refractivity contribution >= 4 is 21.7 Å². The number of nitrogens with one attached hydrogen (secondary N) is 2. The molecule has 0 bridgehead atoms. The molecule has 134 valence electrons. The molecule has 1 unspecified atom stereocenters. The largest absolute Gasteiger partial charge is 0.478 e. The number of rotatable bonds is 8. The summed E-state index contributed by atoms with van der Waals surface area (Å²) in [6.45, 7) is 4.06. The second kappa shape index (κ2) is 8.13. The highest BCUT2D eigenvalue weighted by Gasteiger charge is 2.19. The molecule has 2 aromatic carbocycles. The van der Waals surface area contributed by atoms with Gasteiger partial charge in [-0.05, 0) is 37.1 Å². The van der Waals surface area contributed by atoms with Gasteiger partial charge in [-0.2, -0.15) is 0 Å². The summed E-state index contributed by atoms with van der Waals surface area (Å²) in [6.07, 6.45) is 0.652. The number of sulfonamides is 1. The highest BCUT2D eigenvalue weighted by atomic mass is 32.2. The summed E-state index contributed by atoms with van der Waals surface area (Å²) in [6, 6.07) is 13.5. The van der Waals surface area contributed by atoms with Crippen LogP contribution in [-0.2, 0) is 10.0 Å². The molecule has 0 aromatic heterocycles. The zero-order valence-electron chi connectivity index (χ0n) is 14.2. The number of aromatic carboxylic acids is 1. The molecule has 0 saturated carbocycles. The Labute approximate surface area is 147 Å². The van der Waals surface area contributed by atoms with Crippen LogP contribution in [0, 0.1) is 0 Å². The van der Waals surface area contributed by atoms with Crippen molar-refractivity contribution in [1.29, 1.82) is 0 Å². The van der Waals surface area contributed by atoms with Crippen molar-refractivity contribution < 1.29 is 18.3 Å². The number of hydrogen-bond acceptors (Lipinski definition) is 4. The number of carboxylic acids is 1. The normalized spacial score (nSPS) is 12.6. The Morgan fingerprint density at radius 3 is 2.44 bits per heavy atom. The Morgan fingerprint density at radius 1 is 1.16 bits per heavy atom. The number of anilines is 1. The molecular weight excluding hydrogens is 340 g/mol. The summed E-state index contributed by atoms with van der Waals surface area (Å²) in [4.78, 5) is 11.5. The van der Waals surface area contributed by atoms with Crippen molar-refractivity contribution in [3.05, 3.63) is 59.7 Å². The highest BCUT2D eigenvalue weighted by molar-refractivity contribution is 7.89. The van der Waals surface area contributed by atoms with Gasteiger partial charge in [-0.25, -0.2) is 17.9 Å². The van der Waals surface area contributed by atoms with E-state index in [0.29, 0.717) is 18.7 Å². The number of carboxylic acid groups (broad SMARTS) is 1. The summed E-state index contributed by atoms with van der Waals surface area (Å²) in [5, 5.41) is 12.6. The van der Waals surface area contributed by atoms with Gasteiger partial charge in [0.25, 0.3) is 0 Å². The van der Waals surface area contributed by atoms with E-state index in [1.54, 1.807) is 0 Å². The van der Waals surface area contributed by atoms with Crippen LogP contribution in [0.5, 0.6) is 0 Å². The Bertz CT molecular complexity index is 835. The average Bonchev–Trinajstić information content (AvgIpc) is 2.60. The molecule has 0 aliphatic carbocycles. The van der Waals surface area contributed by atoms with Crippen LogP contribution in [0.2, 0.25) is 0 Å². The Balaban J connectivity index is 2.32. The molecule has 0 heterocycles. The summed E-state index contributed by atoms with van der Waals surface area (Å²) in [5.41, 5.74) is 1.29. The van der Waals surface area contributed by atoms with Crippen LogP contribution in [0.25, 0.3) is 0 Å². The predicted octanol–water partition coefficient (Wildman–Crippen LogP) is 3.25. The van der Waals surface area contributed by atoms with Crippen LogP contribution < -0.4 is 10.0 Å². The minimum atomic E-state index is -3.72. The molecule has 0 radical (unpaired) electrons. The summed E-state index contributed by atoms with van der Waals surface area (Å²) >= 11 is 0. The van der Waals surface area contributed by atoms with E-state index in [-0.39, 0.29) is 16.5 Å². The van der Waals surface area contributed by atoms with E-state index < -0.39 is 16.0 Å². The van der Waals surface area contributed by atoms with E-state index in [1.807, 2.05) is 44.2 Å².